The van der Waals surface area contributed by atoms with E-state index in [1.807, 2.05) is 6.07 Å². The Bertz CT molecular complexity index is 586. The number of aryl methyl sites for hydroxylation is 1. The van der Waals surface area contributed by atoms with Crippen LogP contribution < -0.4 is 5.32 Å². The van der Waals surface area contributed by atoms with Crippen molar-refractivity contribution in [1.29, 1.82) is 0 Å². The van der Waals surface area contributed by atoms with E-state index in [4.69, 9.17) is 4.42 Å². The van der Waals surface area contributed by atoms with Gasteiger partial charge in [-0.2, -0.15) is 13.2 Å². The second-order valence-corrected chi connectivity index (χ2v) is 4.96. The van der Waals surface area contributed by atoms with Crippen LogP contribution >= 0.6 is 0 Å². The van der Waals surface area contributed by atoms with Gasteiger partial charge in [-0.1, -0.05) is 0 Å². The van der Waals surface area contributed by atoms with E-state index in [-0.39, 0.29) is 6.04 Å². The van der Waals surface area contributed by atoms with Crippen LogP contribution in [0.4, 0.5) is 18.9 Å². The molecule has 0 aliphatic heterocycles. The fourth-order valence-electron chi connectivity index (χ4n) is 2.59. The van der Waals surface area contributed by atoms with E-state index in [1.165, 1.54) is 12.1 Å². The molecule has 0 radical (unpaired) electrons. The molecule has 5 heteroatoms. The maximum Gasteiger partial charge on any atom is 0.416 e. The van der Waals surface area contributed by atoms with Gasteiger partial charge in [0.05, 0.1) is 17.9 Å². The Morgan fingerprint density at radius 2 is 1.85 bits per heavy atom. The minimum atomic E-state index is -4.29. The van der Waals surface area contributed by atoms with Gasteiger partial charge in [0.25, 0.3) is 0 Å². The number of fused-ring (bicyclic) bond motifs is 1. The third-order valence-corrected chi connectivity index (χ3v) is 3.61. The van der Waals surface area contributed by atoms with Gasteiger partial charge in [0, 0.05) is 17.7 Å². The van der Waals surface area contributed by atoms with E-state index in [9.17, 15) is 13.2 Å². The fraction of sp³-hybridized carbons (Fsp3) is 0.333. The largest absolute Gasteiger partial charge is 0.469 e. The molecular formula is C15H14F3NO. The Hall–Kier alpha value is -1.91. The highest BCUT2D eigenvalue weighted by Crippen LogP contribution is 2.34. The third kappa shape index (κ3) is 2.53. The molecule has 1 aromatic carbocycles. The van der Waals surface area contributed by atoms with Gasteiger partial charge in [0.15, 0.2) is 0 Å². The van der Waals surface area contributed by atoms with E-state index in [0.717, 1.165) is 42.7 Å². The monoisotopic (exact) mass is 281 g/mol. The molecule has 106 valence electrons. The molecule has 3 rings (SSSR count). The summed E-state index contributed by atoms with van der Waals surface area (Å²) in [6.07, 6.45) is 0.262. The van der Waals surface area contributed by atoms with Crippen LogP contribution in [0.25, 0.3) is 0 Å². The lowest BCUT2D eigenvalue weighted by atomic mass is 9.93. The van der Waals surface area contributed by atoms with Crippen LogP contribution in [0.5, 0.6) is 0 Å². The summed E-state index contributed by atoms with van der Waals surface area (Å²) >= 11 is 0. The molecular weight excluding hydrogens is 267 g/mol. The van der Waals surface area contributed by atoms with Gasteiger partial charge in [-0.15, -0.1) is 0 Å². The summed E-state index contributed by atoms with van der Waals surface area (Å²) in [7, 11) is 0. The van der Waals surface area contributed by atoms with Crippen LogP contribution in [0.3, 0.4) is 0 Å². The lowest BCUT2D eigenvalue weighted by Crippen LogP contribution is -2.16. The van der Waals surface area contributed by atoms with E-state index >= 15 is 0 Å². The van der Waals surface area contributed by atoms with Crippen molar-refractivity contribution in [1.82, 2.24) is 0 Å². The number of furan rings is 1. The molecule has 1 unspecified atom stereocenters. The van der Waals surface area contributed by atoms with Gasteiger partial charge >= 0.3 is 6.18 Å². The smallest absolute Gasteiger partial charge is 0.416 e. The standard InChI is InChI=1S/C15H14F3NO/c16-15(17,18)10-4-6-11(7-5-10)19-13-2-1-3-14-12(13)8-9-20-14/h4-9,13,19H,1-3H2. The van der Waals surface area contributed by atoms with E-state index in [2.05, 4.69) is 5.32 Å². The van der Waals surface area contributed by atoms with Crippen molar-refractivity contribution in [3.05, 3.63) is 53.5 Å². The highest BCUT2D eigenvalue weighted by molar-refractivity contribution is 5.48. The number of benzene rings is 1. The van der Waals surface area contributed by atoms with Crippen molar-refractivity contribution in [3.63, 3.8) is 0 Å². The lowest BCUT2D eigenvalue weighted by molar-refractivity contribution is -0.137. The SMILES string of the molecule is FC(F)(F)c1ccc(NC2CCCc3occc32)cc1. The van der Waals surface area contributed by atoms with Crippen LogP contribution in [0, 0.1) is 0 Å². The van der Waals surface area contributed by atoms with Crippen LogP contribution in [-0.2, 0) is 12.6 Å². The first kappa shape index (κ1) is 13.1. The number of halogens is 3. The summed E-state index contributed by atoms with van der Waals surface area (Å²) in [6, 6.07) is 7.17. The Morgan fingerprint density at radius 1 is 1.10 bits per heavy atom. The van der Waals surface area contributed by atoms with E-state index < -0.39 is 11.7 Å². The zero-order valence-corrected chi connectivity index (χ0v) is 10.7. The van der Waals surface area contributed by atoms with Gasteiger partial charge in [0.1, 0.15) is 5.76 Å². The molecule has 20 heavy (non-hydrogen) atoms. The van der Waals surface area contributed by atoms with Crippen molar-refractivity contribution in [3.8, 4) is 0 Å². The zero-order chi connectivity index (χ0) is 14.2. The molecule has 2 nitrogen and oxygen atoms in total. The summed E-state index contributed by atoms with van der Waals surface area (Å²) in [5.41, 5.74) is 1.17. The molecule has 0 bridgehead atoms. The molecule has 2 aromatic rings. The quantitative estimate of drug-likeness (QED) is 0.856. The number of nitrogens with one attached hydrogen (secondary N) is 1. The average molecular weight is 281 g/mol. The average Bonchev–Trinajstić information content (AvgIpc) is 2.88. The lowest BCUT2D eigenvalue weighted by Gasteiger charge is -2.24. The zero-order valence-electron chi connectivity index (χ0n) is 10.7. The van der Waals surface area contributed by atoms with Crippen molar-refractivity contribution in [2.45, 2.75) is 31.5 Å². The maximum atomic E-state index is 12.5. The number of hydrogen-bond acceptors (Lipinski definition) is 2. The minimum Gasteiger partial charge on any atom is -0.469 e. The molecule has 0 saturated heterocycles. The summed E-state index contributed by atoms with van der Waals surface area (Å²) in [4.78, 5) is 0. The second kappa shape index (κ2) is 4.89. The molecule has 1 atom stereocenters. The van der Waals surface area contributed by atoms with Crippen molar-refractivity contribution in [2.75, 3.05) is 5.32 Å². The van der Waals surface area contributed by atoms with E-state index in [0.29, 0.717) is 5.69 Å². The third-order valence-electron chi connectivity index (χ3n) is 3.61. The molecule has 0 amide bonds. The van der Waals surface area contributed by atoms with Gasteiger partial charge in [0.2, 0.25) is 0 Å². The molecule has 1 N–H and O–H groups in total. The number of hydrogen-bond donors (Lipinski definition) is 1. The van der Waals surface area contributed by atoms with Crippen molar-refractivity contribution < 1.29 is 17.6 Å². The van der Waals surface area contributed by atoms with Gasteiger partial charge < -0.3 is 9.73 Å². The van der Waals surface area contributed by atoms with Gasteiger partial charge in [-0.05, 0) is 43.2 Å². The first-order valence-corrected chi connectivity index (χ1v) is 6.54. The predicted octanol–water partition coefficient (Wildman–Crippen LogP) is 4.79. The first-order chi connectivity index (χ1) is 9.54. The summed E-state index contributed by atoms with van der Waals surface area (Å²) in [5, 5.41) is 3.27. The van der Waals surface area contributed by atoms with E-state index in [1.54, 1.807) is 6.26 Å². The van der Waals surface area contributed by atoms with Crippen LogP contribution in [0.1, 0.15) is 35.8 Å². The molecule has 0 saturated carbocycles. The van der Waals surface area contributed by atoms with Crippen molar-refractivity contribution in [2.24, 2.45) is 0 Å². The molecule has 0 spiro atoms. The normalized spacial score (nSPS) is 18.6. The fourth-order valence-corrected chi connectivity index (χ4v) is 2.59. The minimum absolute atomic E-state index is 0.106. The maximum absolute atomic E-state index is 12.5. The molecule has 1 aliphatic rings. The highest BCUT2D eigenvalue weighted by Gasteiger charge is 2.30. The second-order valence-electron chi connectivity index (χ2n) is 4.96. The summed E-state index contributed by atoms with van der Waals surface area (Å²) in [5.74, 6) is 0.973. The Kier molecular flexibility index (Phi) is 3.20. The number of alkyl halides is 3. The molecule has 0 fully saturated rings. The first-order valence-electron chi connectivity index (χ1n) is 6.54. The number of rotatable bonds is 2. The Labute approximate surface area is 114 Å². The summed E-state index contributed by atoms with van der Waals surface area (Å²) < 4.78 is 42.9. The van der Waals surface area contributed by atoms with Gasteiger partial charge in [-0.3, -0.25) is 0 Å². The van der Waals surface area contributed by atoms with Crippen LogP contribution in [0.2, 0.25) is 0 Å². The van der Waals surface area contributed by atoms with Crippen molar-refractivity contribution >= 4 is 5.69 Å². The van der Waals surface area contributed by atoms with Gasteiger partial charge in [-0.25, -0.2) is 0 Å². The Morgan fingerprint density at radius 3 is 2.55 bits per heavy atom. The molecule has 1 aliphatic carbocycles. The molecule has 1 aromatic heterocycles. The molecule has 1 heterocycles. The predicted molar refractivity (Wildman–Crippen MR) is 69.5 cm³/mol. The Balaban J connectivity index is 1.77. The highest BCUT2D eigenvalue weighted by atomic mass is 19.4. The summed E-state index contributed by atoms with van der Waals surface area (Å²) in [6.45, 7) is 0. The van der Waals surface area contributed by atoms with Crippen LogP contribution in [-0.4, -0.2) is 0 Å². The van der Waals surface area contributed by atoms with Crippen LogP contribution in [0.15, 0.2) is 41.0 Å². The number of anilines is 1. The topological polar surface area (TPSA) is 25.2 Å².